The van der Waals surface area contributed by atoms with Crippen molar-refractivity contribution in [2.75, 3.05) is 24.4 Å². The van der Waals surface area contributed by atoms with Gasteiger partial charge in [0.25, 0.3) is 0 Å². The molecule has 0 rings (SSSR count). The smallest absolute Gasteiger partial charge is 0.230 e. The van der Waals surface area contributed by atoms with Gasteiger partial charge in [0.15, 0.2) is 0 Å². The number of rotatable bonds is 7. The molecule has 1 amide bonds. The predicted molar refractivity (Wildman–Crippen MR) is 74.2 cm³/mol. The number of thioether (sulfide) groups is 2. The van der Waals surface area contributed by atoms with Crippen LogP contribution in [0, 0.1) is 0 Å². The number of carbonyl (C=O) groups is 1. The fourth-order valence-electron chi connectivity index (χ4n) is 1.11. The van der Waals surface area contributed by atoms with Crippen molar-refractivity contribution >= 4 is 29.4 Å². The number of aliphatic hydroxyl groups excluding tert-OH is 1. The number of amides is 1. The highest BCUT2D eigenvalue weighted by molar-refractivity contribution is 8.01. The van der Waals surface area contributed by atoms with Crippen LogP contribution in [-0.4, -0.2) is 46.2 Å². The second-order valence-electron chi connectivity index (χ2n) is 4.63. The largest absolute Gasteiger partial charge is 0.396 e. The zero-order valence-electron chi connectivity index (χ0n) is 10.6. The van der Waals surface area contributed by atoms with Crippen LogP contribution < -0.4 is 5.32 Å². The Morgan fingerprint density at radius 3 is 2.50 bits per heavy atom. The van der Waals surface area contributed by atoms with Crippen LogP contribution in [0.4, 0.5) is 0 Å². The molecular formula is C11H23NO2S2. The lowest BCUT2D eigenvalue weighted by Gasteiger charge is -2.20. The molecule has 0 heterocycles. The van der Waals surface area contributed by atoms with Crippen molar-refractivity contribution in [3.05, 3.63) is 0 Å². The van der Waals surface area contributed by atoms with Crippen molar-refractivity contribution in [1.29, 1.82) is 0 Å². The first-order valence-corrected chi connectivity index (χ1v) is 7.80. The van der Waals surface area contributed by atoms with Crippen LogP contribution in [0.3, 0.4) is 0 Å². The molecular weight excluding hydrogens is 242 g/mol. The Bertz CT molecular complexity index is 199. The lowest BCUT2D eigenvalue weighted by Crippen LogP contribution is -2.38. The Balaban J connectivity index is 3.90. The summed E-state index contributed by atoms with van der Waals surface area (Å²) in [4.78, 5) is 11.6. The second-order valence-corrected chi connectivity index (χ2v) is 7.35. The van der Waals surface area contributed by atoms with E-state index in [-0.39, 0.29) is 23.3 Å². The van der Waals surface area contributed by atoms with Gasteiger partial charge in [-0.15, -0.1) is 11.8 Å². The minimum Gasteiger partial charge on any atom is -0.396 e. The molecule has 1 atom stereocenters. The minimum absolute atomic E-state index is 0.0624. The van der Waals surface area contributed by atoms with Gasteiger partial charge in [0.05, 0.1) is 5.75 Å². The van der Waals surface area contributed by atoms with Gasteiger partial charge >= 0.3 is 0 Å². The molecule has 0 aromatic heterocycles. The van der Waals surface area contributed by atoms with Gasteiger partial charge in [-0.25, -0.2) is 0 Å². The Labute approximate surface area is 107 Å². The van der Waals surface area contributed by atoms with Crippen molar-refractivity contribution in [3.8, 4) is 0 Å². The summed E-state index contributed by atoms with van der Waals surface area (Å²) in [6.07, 6.45) is 2.63. The average Bonchev–Trinajstić information content (AvgIpc) is 2.14. The summed E-state index contributed by atoms with van der Waals surface area (Å²) in [5, 5.41) is 11.8. The molecule has 0 aliphatic rings. The van der Waals surface area contributed by atoms with Crippen LogP contribution in [0.2, 0.25) is 0 Å². The molecule has 0 aliphatic carbocycles. The summed E-state index contributed by atoms with van der Waals surface area (Å²) in [7, 11) is 0. The molecule has 0 aromatic rings. The molecule has 0 bridgehead atoms. The number of nitrogens with one attached hydrogen (secondary N) is 1. The van der Waals surface area contributed by atoms with Crippen molar-refractivity contribution in [3.63, 3.8) is 0 Å². The van der Waals surface area contributed by atoms with Gasteiger partial charge < -0.3 is 10.4 Å². The van der Waals surface area contributed by atoms with E-state index < -0.39 is 0 Å². The van der Waals surface area contributed by atoms with Gasteiger partial charge in [0, 0.05) is 23.1 Å². The predicted octanol–water partition coefficient (Wildman–Crippen LogP) is 1.75. The van der Waals surface area contributed by atoms with Crippen molar-refractivity contribution in [2.45, 2.75) is 38.0 Å². The standard InChI is InChI=1S/C11H23NO2S2/c1-11(2,3)16-8-10(14)12-9(5-6-13)7-15-4/h9,13H,5-8H2,1-4H3,(H,12,14). The molecule has 0 radical (unpaired) electrons. The third kappa shape index (κ3) is 9.36. The van der Waals surface area contributed by atoms with Crippen LogP contribution in [0.25, 0.3) is 0 Å². The first-order valence-electron chi connectivity index (χ1n) is 5.42. The Morgan fingerprint density at radius 1 is 1.44 bits per heavy atom. The molecule has 0 aromatic carbocycles. The van der Waals surface area contributed by atoms with Gasteiger partial charge in [-0.1, -0.05) is 20.8 Å². The second kappa shape index (κ2) is 8.25. The molecule has 0 saturated heterocycles. The molecule has 0 saturated carbocycles. The Kier molecular flexibility index (Phi) is 8.32. The van der Waals surface area contributed by atoms with Gasteiger partial charge in [0.1, 0.15) is 0 Å². The topological polar surface area (TPSA) is 49.3 Å². The summed E-state index contributed by atoms with van der Waals surface area (Å²) in [6, 6.07) is 0.0908. The van der Waals surface area contributed by atoms with E-state index in [2.05, 4.69) is 26.1 Å². The molecule has 2 N–H and O–H groups in total. The fourth-order valence-corrected chi connectivity index (χ4v) is 2.41. The van der Waals surface area contributed by atoms with E-state index in [0.717, 1.165) is 5.75 Å². The zero-order valence-corrected chi connectivity index (χ0v) is 12.2. The van der Waals surface area contributed by atoms with Crippen LogP contribution in [0.15, 0.2) is 0 Å². The normalized spacial score (nSPS) is 13.6. The molecule has 5 heteroatoms. The Morgan fingerprint density at radius 2 is 2.06 bits per heavy atom. The number of carbonyl (C=O) groups excluding carboxylic acids is 1. The van der Waals surface area contributed by atoms with Gasteiger partial charge in [-0.05, 0) is 12.7 Å². The lowest BCUT2D eigenvalue weighted by molar-refractivity contribution is -0.119. The van der Waals surface area contributed by atoms with E-state index in [1.165, 1.54) is 0 Å². The van der Waals surface area contributed by atoms with Crippen LogP contribution in [0.5, 0.6) is 0 Å². The monoisotopic (exact) mass is 265 g/mol. The van der Waals surface area contributed by atoms with E-state index >= 15 is 0 Å². The fraction of sp³-hybridized carbons (Fsp3) is 0.909. The van der Waals surface area contributed by atoms with Crippen molar-refractivity contribution in [2.24, 2.45) is 0 Å². The summed E-state index contributed by atoms with van der Waals surface area (Å²) < 4.78 is 0.114. The third-order valence-corrected chi connectivity index (χ3v) is 3.86. The first-order chi connectivity index (χ1) is 7.39. The number of hydrogen-bond acceptors (Lipinski definition) is 4. The maximum atomic E-state index is 11.6. The van der Waals surface area contributed by atoms with Gasteiger partial charge in [-0.3, -0.25) is 4.79 Å². The summed E-state index contributed by atoms with van der Waals surface area (Å²) in [5.41, 5.74) is 0. The molecule has 0 spiro atoms. The summed E-state index contributed by atoms with van der Waals surface area (Å²) >= 11 is 3.32. The Hall–Kier alpha value is 0.130. The SMILES string of the molecule is CSCC(CCO)NC(=O)CSC(C)(C)C. The van der Waals surface area contributed by atoms with E-state index in [1.807, 2.05) is 6.26 Å². The quantitative estimate of drug-likeness (QED) is 0.736. The maximum Gasteiger partial charge on any atom is 0.230 e. The molecule has 96 valence electrons. The first kappa shape index (κ1) is 16.1. The molecule has 0 aliphatic heterocycles. The zero-order chi connectivity index (χ0) is 12.6. The molecule has 1 unspecified atom stereocenters. The summed E-state index contributed by atoms with van der Waals surface area (Å²) in [5.74, 6) is 1.40. The summed E-state index contributed by atoms with van der Waals surface area (Å²) in [6.45, 7) is 6.41. The van der Waals surface area contributed by atoms with Gasteiger partial charge in [-0.2, -0.15) is 11.8 Å². The van der Waals surface area contributed by atoms with Crippen molar-refractivity contribution in [1.82, 2.24) is 5.32 Å². The number of aliphatic hydroxyl groups is 1. The van der Waals surface area contributed by atoms with Crippen molar-refractivity contribution < 1.29 is 9.90 Å². The third-order valence-electron chi connectivity index (χ3n) is 1.85. The van der Waals surface area contributed by atoms with Crippen LogP contribution in [0.1, 0.15) is 27.2 Å². The van der Waals surface area contributed by atoms with E-state index in [9.17, 15) is 4.79 Å². The minimum atomic E-state index is 0.0624. The van der Waals surface area contributed by atoms with E-state index in [4.69, 9.17) is 5.11 Å². The highest BCUT2D eigenvalue weighted by Crippen LogP contribution is 2.22. The lowest BCUT2D eigenvalue weighted by atomic mass is 10.2. The molecule has 0 fully saturated rings. The maximum absolute atomic E-state index is 11.6. The molecule has 3 nitrogen and oxygen atoms in total. The van der Waals surface area contributed by atoms with E-state index in [1.54, 1.807) is 23.5 Å². The average molecular weight is 265 g/mol. The van der Waals surface area contributed by atoms with Crippen LogP contribution >= 0.6 is 23.5 Å². The highest BCUT2D eigenvalue weighted by Gasteiger charge is 2.15. The van der Waals surface area contributed by atoms with Crippen LogP contribution in [-0.2, 0) is 4.79 Å². The highest BCUT2D eigenvalue weighted by atomic mass is 32.2. The molecule has 16 heavy (non-hydrogen) atoms. The number of hydrogen-bond donors (Lipinski definition) is 2. The van der Waals surface area contributed by atoms with E-state index in [0.29, 0.717) is 12.2 Å². The van der Waals surface area contributed by atoms with Gasteiger partial charge in [0.2, 0.25) is 5.91 Å².